The van der Waals surface area contributed by atoms with E-state index < -0.39 is 0 Å². The topological polar surface area (TPSA) is 57.5 Å². The average Bonchev–Trinajstić information content (AvgIpc) is 2.99. The number of nitrogens with one attached hydrogen (secondary N) is 2. The van der Waals surface area contributed by atoms with Gasteiger partial charge in [-0.3, -0.25) is 4.40 Å². The Kier molecular flexibility index (Phi) is 3.48. The molecule has 0 amide bonds. The molecule has 6 heteroatoms. The fraction of sp³-hybridized carbons (Fsp3) is 0.600. The molecule has 0 aliphatic carbocycles. The van der Waals surface area contributed by atoms with Crippen molar-refractivity contribution in [2.75, 3.05) is 44.2 Å². The summed E-state index contributed by atoms with van der Waals surface area (Å²) in [4.78, 5) is 2.41. The zero-order valence-electron chi connectivity index (χ0n) is 12.3. The summed E-state index contributed by atoms with van der Waals surface area (Å²) in [5, 5.41) is 15.7. The molecule has 112 valence electrons. The Bertz CT molecular complexity index is 610. The van der Waals surface area contributed by atoms with Crippen molar-refractivity contribution in [3.05, 3.63) is 24.2 Å². The van der Waals surface area contributed by atoms with E-state index in [1.165, 1.54) is 18.5 Å². The number of piperazine rings is 1. The van der Waals surface area contributed by atoms with Gasteiger partial charge in [0.05, 0.1) is 0 Å². The van der Waals surface area contributed by atoms with Crippen molar-refractivity contribution in [3.63, 3.8) is 0 Å². The maximum absolute atomic E-state index is 4.45. The molecule has 2 N–H and O–H groups in total. The van der Waals surface area contributed by atoms with Gasteiger partial charge in [0.2, 0.25) is 0 Å². The van der Waals surface area contributed by atoms with Crippen molar-refractivity contribution in [1.82, 2.24) is 25.2 Å². The van der Waals surface area contributed by atoms with Crippen molar-refractivity contribution in [2.45, 2.75) is 18.8 Å². The molecule has 1 unspecified atom stereocenters. The van der Waals surface area contributed by atoms with Crippen LogP contribution in [-0.4, -0.2) is 53.9 Å². The van der Waals surface area contributed by atoms with Gasteiger partial charge < -0.3 is 15.5 Å². The predicted octanol–water partition coefficient (Wildman–Crippen LogP) is 0.606. The van der Waals surface area contributed by atoms with Gasteiger partial charge >= 0.3 is 0 Å². The van der Waals surface area contributed by atoms with Gasteiger partial charge in [0.15, 0.2) is 5.65 Å². The van der Waals surface area contributed by atoms with Crippen molar-refractivity contribution in [3.8, 4) is 0 Å². The second-order valence-electron chi connectivity index (χ2n) is 5.95. The summed E-state index contributed by atoms with van der Waals surface area (Å²) in [6.07, 6.45) is 4.56. The van der Waals surface area contributed by atoms with E-state index in [9.17, 15) is 0 Å². The molecule has 4 rings (SSSR count). The molecule has 4 heterocycles. The summed E-state index contributed by atoms with van der Waals surface area (Å²) >= 11 is 0. The summed E-state index contributed by atoms with van der Waals surface area (Å²) in [7, 11) is 0. The van der Waals surface area contributed by atoms with Crippen LogP contribution in [0.25, 0.3) is 5.65 Å². The Hall–Kier alpha value is -1.66. The van der Waals surface area contributed by atoms with E-state index in [0.29, 0.717) is 5.92 Å². The molecule has 0 spiro atoms. The Morgan fingerprint density at radius 3 is 2.81 bits per heavy atom. The van der Waals surface area contributed by atoms with Crippen LogP contribution in [0.4, 0.5) is 5.69 Å². The highest BCUT2D eigenvalue weighted by molar-refractivity contribution is 5.56. The largest absolute Gasteiger partial charge is 0.369 e. The molecule has 2 aromatic rings. The number of piperidine rings is 1. The first-order valence-electron chi connectivity index (χ1n) is 7.93. The van der Waals surface area contributed by atoms with E-state index in [2.05, 4.69) is 48.5 Å². The molecule has 0 saturated carbocycles. The van der Waals surface area contributed by atoms with E-state index >= 15 is 0 Å². The van der Waals surface area contributed by atoms with Crippen LogP contribution in [0.3, 0.4) is 0 Å². The third-order valence-electron chi connectivity index (χ3n) is 4.56. The van der Waals surface area contributed by atoms with Crippen LogP contribution in [0, 0.1) is 0 Å². The maximum Gasteiger partial charge on any atom is 0.162 e. The van der Waals surface area contributed by atoms with Gasteiger partial charge in [0, 0.05) is 56.6 Å². The van der Waals surface area contributed by atoms with E-state index in [0.717, 1.165) is 50.7 Å². The summed E-state index contributed by atoms with van der Waals surface area (Å²) in [6, 6.07) is 4.36. The highest BCUT2D eigenvalue weighted by atomic mass is 15.3. The summed E-state index contributed by atoms with van der Waals surface area (Å²) in [6.45, 7) is 6.36. The molecule has 0 bridgehead atoms. The lowest BCUT2D eigenvalue weighted by molar-refractivity contribution is 0.444. The third kappa shape index (κ3) is 2.49. The molecule has 6 nitrogen and oxygen atoms in total. The number of hydrogen-bond donors (Lipinski definition) is 2. The zero-order chi connectivity index (χ0) is 14.1. The van der Waals surface area contributed by atoms with Gasteiger partial charge in [0.1, 0.15) is 5.82 Å². The van der Waals surface area contributed by atoms with Gasteiger partial charge in [0.25, 0.3) is 0 Å². The second kappa shape index (κ2) is 5.61. The molecule has 21 heavy (non-hydrogen) atoms. The van der Waals surface area contributed by atoms with Gasteiger partial charge in [-0.2, -0.15) is 0 Å². The fourth-order valence-corrected chi connectivity index (χ4v) is 3.37. The summed E-state index contributed by atoms with van der Waals surface area (Å²) in [5.41, 5.74) is 2.22. The molecular weight excluding hydrogens is 264 g/mol. The fourth-order valence-electron chi connectivity index (χ4n) is 3.37. The molecular formula is C15H22N6. The van der Waals surface area contributed by atoms with Crippen LogP contribution >= 0.6 is 0 Å². The highest BCUT2D eigenvalue weighted by Gasteiger charge is 2.21. The zero-order valence-corrected chi connectivity index (χ0v) is 12.3. The lowest BCUT2D eigenvalue weighted by atomic mass is 9.99. The Morgan fingerprint density at radius 2 is 2.00 bits per heavy atom. The van der Waals surface area contributed by atoms with Crippen molar-refractivity contribution in [2.24, 2.45) is 0 Å². The van der Waals surface area contributed by atoms with Gasteiger partial charge in [-0.1, -0.05) is 0 Å². The number of nitrogens with zero attached hydrogens (tertiary/aromatic N) is 4. The summed E-state index contributed by atoms with van der Waals surface area (Å²) < 4.78 is 2.16. The van der Waals surface area contributed by atoms with Crippen LogP contribution in [0.5, 0.6) is 0 Å². The first-order chi connectivity index (χ1) is 10.4. The monoisotopic (exact) mass is 286 g/mol. The van der Waals surface area contributed by atoms with E-state index in [1.807, 2.05) is 0 Å². The van der Waals surface area contributed by atoms with Gasteiger partial charge in [-0.15, -0.1) is 10.2 Å². The summed E-state index contributed by atoms with van der Waals surface area (Å²) in [5.74, 6) is 1.59. The highest BCUT2D eigenvalue weighted by Crippen LogP contribution is 2.24. The molecule has 0 aromatic carbocycles. The number of anilines is 1. The van der Waals surface area contributed by atoms with Crippen molar-refractivity contribution < 1.29 is 0 Å². The first kappa shape index (κ1) is 13.0. The van der Waals surface area contributed by atoms with Crippen LogP contribution in [0.1, 0.15) is 24.6 Å². The molecule has 2 fully saturated rings. The van der Waals surface area contributed by atoms with Gasteiger partial charge in [-0.05, 0) is 25.5 Å². The minimum Gasteiger partial charge on any atom is -0.369 e. The average molecular weight is 286 g/mol. The van der Waals surface area contributed by atoms with E-state index in [4.69, 9.17) is 0 Å². The predicted molar refractivity (Wildman–Crippen MR) is 82.9 cm³/mol. The molecule has 2 aliphatic rings. The third-order valence-corrected chi connectivity index (χ3v) is 4.56. The Morgan fingerprint density at radius 1 is 1.10 bits per heavy atom. The number of hydrogen-bond acceptors (Lipinski definition) is 5. The minimum absolute atomic E-state index is 0.485. The Labute approximate surface area is 124 Å². The van der Waals surface area contributed by atoms with Crippen LogP contribution in [-0.2, 0) is 0 Å². The molecule has 1 atom stereocenters. The number of fused-ring (bicyclic) bond motifs is 1. The Balaban J connectivity index is 1.63. The lowest BCUT2D eigenvalue weighted by Crippen LogP contribution is -2.43. The molecule has 2 aromatic heterocycles. The van der Waals surface area contributed by atoms with Crippen LogP contribution < -0.4 is 15.5 Å². The molecule has 2 aliphatic heterocycles. The van der Waals surface area contributed by atoms with Crippen molar-refractivity contribution >= 4 is 11.3 Å². The minimum atomic E-state index is 0.485. The van der Waals surface area contributed by atoms with Gasteiger partial charge in [-0.25, -0.2) is 0 Å². The number of pyridine rings is 1. The maximum atomic E-state index is 4.45. The second-order valence-corrected chi connectivity index (χ2v) is 5.95. The van der Waals surface area contributed by atoms with Crippen LogP contribution in [0.2, 0.25) is 0 Å². The lowest BCUT2D eigenvalue weighted by Gasteiger charge is -2.29. The van der Waals surface area contributed by atoms with Crippen molar-refractivity contribution in [1.29, 1.82) is 0 Å². The SMILES string of the molecule is c1cn2c(C3CCCNC3)nnc2cc1N1CCNCC1. The smallest absolute Gasteiger partial charge is 0.162 e. The van der Waals surface area contributed by atoms with Crippen LogP contribution in [0.15, 0.2) is 18.3 Å². The number of aromatic nitrogens is 3. The van der Waals surface area contributed by atoms with E-state index in [-0.39, 0.29) is 0 Å². The first-order valence-corrected chi connectivity index (χ1v) is 7.93. The normalized spacial score (nSPS) is 23.6. The molecule has 2 saturated heterocycles. The number of rotatable bonds is 2. The standard InChI is InChI=1S/C15H22N6/c1-2-12(11-17-4-1)15-19-18-14-10-13(3-7-21(14)15)20-8-5-16-6-9-20/h3,7,10,12,16-17H,1-2,4-6,8-9,11H2. The quantitative estimate of drug-likeness (QED) is 0.847. The molecule has 0 radical (unpaired) electrons. The van der Waals surface area contributed by atoms with E-state index in [1.54, 1.807) is 0 Å².